The van der Waals surface area contributed by atoms with Gasteiger partial charge in [-0.05, 0) is 43.5 Å². The van der Waals surface area contributed by atoms with Crippen LogP contribution in [0.25, 0.3) is 10.2 Å². The Bertz CT molecular complexity index is 993. The third kappa shape index (κ3) is 4.71. The molecule has 6 heteroatoms. The van der Waals surface area contributed by atoms with Gasteiger partial charge in [-0.25, -0.2) is 4.98 Å². The molecule has 0 aliphatic rings. The van der Waals surface area contributed by atoms with Gasteiger partial charge in [0.05, 0.1) is 22.7 Å². The van der Waals surface area contributed by atoms with Crippen molar-refractivity contribution in [2.24, 2.45) is 0 Å². The van der Waals surface area contributed by atoms with E-state index in [1.165, 1.54) is 23.8 Å². The molecule has 2 N–H and O–H groups in total. The predicted molar refractivity (Wildman–Crippen MR) is 110 cm³/mol. The minimum Gasteiger partial charge on any atom is -0.349 e. The monoisotopic (exact) mass is 381 g/mol. The summed E-state index contributed by atoms with van der Waals surface area (Å²) in [5.41, 5.74) is 5.22. The first-order valence-corrected chi connectivity index (χ1v) is 9.65. The first kappa shape index (κ1) is 19.0. The molecule has 140 valence electrons. The number of amides is 2. The first-order chi connectivity index (χ1) is 12.8. The summed E-state index contributed by atoms with van der Waals surface area (Å²) in [7, 11) is 0. The van der Waals surface area contributed by atoms with Gasteiger partial charge in [-0.15, -0.1) is 0 Å². The zero-order valence-electron chi connectivity index (χ0n) is 15.9. The van der Waals surface area contributed by atoms with E-state index in [2.05, 4.69) is 27.8 Å². The number of carbonyl (C=O) groups excluding carboxylic acids is 2. The molecule has 5 nitrogen and oxygen atoms in total. The van der Waals surface area contributed by atoms with Crippen molar-refractivity contribution in [3.8, 4) is 0 Å². The SMILES string of the molecule is CC(=O)NC(CC(=O)Nc1nc2c(C)cc(C)cc2s1)c1ccc(C)cc1. The number of aryl methyl sites for hydroxylation is 3. The van der Waals surface area contributed by atoms with Gasteiger partial charge in [0.25, 0.3) is 0 Å². The molecule has 3 rings (SSSR count). The smallest absolute Gasteiger partial charge is 0.228 e. The number of anilines is 1. The van der Waals surface area contributed by atoms with Crippen LogP contribution in [-0.2, 0) is 9.59 Å². The number of nitrogens with one attached hydrogen (secondary N) is 2. The summed E-state index contributed by atoms with van der Waals surface area (Å²) < 4.78 is 1.06. The Morgan fingerprint density at radius 3 is 2.44 bits per heavy atom. The topological polar surface area (TPSA) is 71.1 Å². The van der Waals surface area contributed by atoms with Gasteiger partial charge in [0.1, 0.15) is 0 Å². The molecule has 0 saturated heterocycles. The van der Waals surface area contributed by atoms with Gasteiger partial charge in [-0.1, -0.05) is 47.2 Å². The Morgan fingerprint density at radius 2 is 1.78 bits per heavy atom. The minimum absolute atomic E-state index is 0.149. The van der Waals surface area contributed by atoms with E-state index in [1.807, 2.05) is 45.0 Å². The molecule has 0 radical (unpaired) electrons. The number of hydrogen-bond acceptors (Lipinski definition) is 4. The lowest BCUT2D eigenvalue weighted by Gasteiger charge is -2.18. The fourth-order valence-electron chi connectivity index (χ4n) is 3.08. The van der Waals surface area contributed by atoms with E-state index < -0.39 is 0 Å². The number of benzene rings is 2. The van der Waals surface area contributed by atoms with Gasteiger partial charge in [-0.2, -0.15) is 0 Å². The maximum absolute atomic E-state index is 12.6. The molecule has 2 amide bonds. The maximum atomic E-state index is 12.6. The van der Waals surface area contributed by atoms with E-state index in [1.54, 1.807) is 0 Å². The Balaban J connectivity index is 1.76. The number of rotatable bonds is 5. The summed E-state index contributed by atoms with van der Waals surface area (Å²) in [6.07, 6.45) is 0.149. The largest absolute Gasteiger partial charge is 0.349 e. The molecule has 1 heterocycles. The molecule has 0 fully saturated rings. The van der Waals surface area contributed by atoms with Crippen LogP contribution in [0.5, 0.6) is 0 Å². The van der Waals surface area contributed by atoms with Crippen molar-refractivity contribution in [1.29, 1.82) is 0 Å². The minimum atomic E-state index is -0.374. The lowest BCUT2D eigenvalue weighted by Crippen LogP contribution is -2.29. The van der Waals surface area contributed by atoms with E-state index in [-0.39, 0.29) is 24.3 Å². The van der Waals surface area contributed by atoms with E-state index in [0.29, 0.717) is 5.13 Å². The third-order valence-corrected chi connectivity index (χ3v) is 5.24. The number of thiazole rings is 1. The summed E-state index contributed by atoms with van der Waals surface area (Å²) in [5, 5.41) is 6.32. The Kier molecular flexibility index (Phi) is 5.56. The Hall–Kier alpha value is -2.73. The highest BCUT2D eigenvalue weighted by Gasteiger charge is 2.18. The molecular weight excluding hydrogens is 358 g/mol. The standard InChI is InChI=1S/C21H23N3O2S/c1-12-5-7-16(8-6-12)17(22-15(4)25)11-19(26)23-21-24-20-14(3)9-13(2)10-18(20)27-21/h5-10,17H,11H2,1-4H3,(H,22,25)(H,23,24,26). The zero-order valence-corrected chi connectivity index (χ0v) is 16.7. The molecule has 2 aromatic carbocycles. The fraction of sp³-hybridized carbons (Fsp3) is 0.286. The second-order valence-corrected chi connectivity index (χ2v) is 7.89. The first-order valence-electron chi connectivity index (χ1n) is 8.83. The van der Waals surface area contributed by atoms with Crippen molar-refractivity contribution in [1.82, 2.24) is 10.3 Å². The normalized spacial score (nSPS) is 12.0. The predicted octanol–water partition coefficient (Wildman–Crippen LogP) is 4.43. The molecule has 0 aliphatic heterocycles. The van der Waals surface area contributed by atoms with E-state index in [0.717, 1.165) is 26.9 Å². The molecule has 0 spiro atoms. The van der Waals surface area contributed by atoms with Crippen LogP contribution < -0.4 is 10.6 Å². The van der Waals surface area contributed by atoms with Crippen molar-refractivity contribution in [3.05, 3.63) is 58.7 Å². The highest BCUT2D eigenvalue weighted by molar-refractivity contribution is 7.22. The average Bonchev–Trinajstić information content (AvgIpc) is 2.97. The molecular formula is C21H23N3O2S. The Labute approximate surface area is 162 Å². The number of aromatic nitrogens is 1. The van der Waals surface area contributed by atoms with Crippen LogP contribution in [-0.4, -0.2) is 16.8 Å². The van der Waals surface area contributed by atoms with Crippen LogP contribution in [0.4, 0.5) is 5.13 Å². The number of nitrogens with zero attached hydrogens (tertiary/aromatic N) is 1. The molecule has 1 atom stereocenters. The second-order valence-electron chi connectivity index (χ2n) is 6.86. The summed E-state index contributed by atoms with van der Waals surface area (Å²) >= 11 is 1.46. The van der Waals surface area contributed by atoms with Gasteiger partial charge >= 0.3 is 0 Å². The number of carbonyl (C=O) groups is 2. The van der Waals surface area contributed by atoms with Crippen molar-refractivity contribution < 1.29 is 9.59 Å². The second kappa shape index (κ2) is 7.88. The van der Waals surface area contributed by atoms with Crippen molar-refractivity contribution >= 4 is 38.5 Å². The van der Waals surface area contributed by atoms with E-state index >= 15 is 0 Å². The van der Waals surface area contributed by atoms with Gasteiger partial charge in [-0.3, -0.25) is 9.59 Å². The van der Waals surface area contributed by atoms with Gasteiger partial charge in [0.15, 0.2) is 5.13 Å². The number of hydrogen-bond donors (Lipinski definition) is 2. The maximum Gasteiger partial charge on any atom is 0.228 e. The Morgan fingerprint density at radius 1 is 1.07 bits per heavy atom. The fourth-order valence-corrected chi connectivity index (χ4v) is 4.13. The zero-order chi connectivity index (χ0) is 19.6. The molecule has 0 bridgehead atoms. The van der Waals surface area contributed by atoms with Gasteiger partial charge in [0.2, 0.25) is 11.8 Å². The van der Waals surface area contributed by atoms with Gasteiger partial charge < -0.3 is 10.6 Å². The summed E-state index contributed by atoms with van der Waals surface area (Å²) in [6, 6.07) is 11.6. The molecule has 1 unspecified atom stereocenters. The number of fused-ring (bicyclic) bond motifs is 1. The van der Waals surface area contributed by atoms with Crippen LogP contribution in [0.15, 0.2) is 36.4 Å². The van der Waals surface area contributed by atoms with Crippen molar-refractivity contribution in [3.63, 3.8) is 0 Å². The third-order valence-electron chi connectivity index (χ3n) is 4.32. The highest BCUT2D eigenvalue weighted by Crippen LogP contribution is 2.29. The van der Waals surface area contributed by atoms with Crippen LogP contribution in [0.3, 0.4) is 0 Å². The van der Waals surface area contributed by atoms with Crippen molar-refractivity contribution in [2.75, 3.05) is 5.32 Å². The highest BCUT2D eigenvalue weighted by atomic mass is 32.1. The molecule has 0 saturated carbocycles. The summed E-state index contributed by atoms with van der Waals surface area (Å²) in [4.78, 5) is 28.7. The molecule has 3 aromatic rings. The molecule has 27 heavy (non-hydrogen) atoms. The molecule has 0 aliphatic carbocycles. The van der Waals surface area contributed by atoms with E-state index in [4.69, 9.17) is 0 Å². The van der Waals surface area contributed by atoms with Crippen LogP contribution >= 0.6 is 11.3 Å². The summed E-state index contributed by atoms with van der Waals surface area (Å²) in [6.45, 7) is 7.52. The van der Waals surface area contributed by atoms with Crippen molar-refractivity contribution in [2.45, 2.75) is 40.2 Å². The summed E-state index contributed by atoms with van der Waals surface area (Å²) in [5.74, 6) is -0.345. The molecule has 1 aromatic heterocycles. The van der Waals surface area contributed by atoms with Crippen LogP contribution in [0.2, 0.25) is 0 Å². The lowest BCUT2D eigenvalue weighted by atomic mass is 10.0. The quantitative estimate of drug-likeness (QED) is 0.687. The lowest BCUT2D eigenvalue weighted by molar-refractivity contribution is -0.120. The van der Waals surface area contributed by atoms with Crippen LogP contribution in [0.1, 0.15) is 41.6 Å². The van der Waals surface area contributed by atoms with Gasteiger partial charge in [0, 0.05) is 6.92 Å². The van der Waals surface area contributed by atoms with E-state index in [9.17, 15) is 9.59 Å². The average molecular weight is 382 g/mol. The van der Waals surface area contributed by atoms with Crippen LogP contribution in [0, 0.1) is 20.8 Å².